The van der Waals surface area contributed by atoms with Crippen molar-refractivity contribution in [2.75, 3.05) is 0 Å². The summed E-state index contributed by atoms with van der Waals surface area (Å²) < 4.78 is 0. The van der Waals surface area contributed by atoms with Crippen LogP contribution in [-0.4, -0.2) is 21.6 Å². The van der Waals surface area contributed by atoms with E-state index in [1.807, 2.05) is 0 Å². The van der Waals surface area contributed by atoms with Gasteiger partial charge in [0, 0.05) is 0 Å². The smallest absolute Gasteiger partial charge is 0.155 e. The molecule has 9 nitrogen and oxygen atoms in total. The van der Waals surface area contributed by atoms with Gasteiger partial charge in [0.05, 0.1) is 5.70 Å². The molecule has 12 N–H and O–H groups in total. The van der Waals surface area contributed by atoms with Crippen molar-refractivity contribution in [1.29, 1.82) is 0 Å². The molecule has 1 rings (SSSR count). The van der Waals surface area contributed by atoms with Crippen molar-refractivity contribution in [3.8, 4) is 0 Å². The van der Waals surface area contributed by atoms with Gasteiger partial charge in [-0.25, -0.2) is 11.7 Å². The minimum Gasteiger partial charge on any atom is -0.397 e. The molecule has 0 fully saturated rings. The van der Waals surface area contributed by atoms with Gasteiger partial charge in [-0.15, -0.1) is 79.6 Å². The van der Waals surface area contributed by atoms with Crippen LogP contribution in [0.4, 0.5) is 0 Å². The van der Waals surface area contributed by atoms with Crippen LogP contribution in [0, 0.1) is 0 Å². The molecule has 1 aliphatic rings. The van der Waals surface area contributed by atoms with Crippen molar-refractivity contribution in [3.63, 3.8) is 0 Å². The Morgan fingerprint density at radius 1 is 0.778 bits per heavy atom. The molecule has 0 aliphatic carbocycles. The van der Waals surface area contributed by atoms with E-state index in [0.29, 0.717) is 0 Å². The van der Waals surface area contributed by atoms with Gasteiger partial charge in [0.25, 0.3) is 0 Å². The molecule has 15 heteroatoms. The van der Waals surface area contributed by atoms with Gasteiger partial charge in [-0.1, -0.05) is 5.23 Å². The number of nitrogens with zero attached hydrogens (tertiary/aromatic N) is 3. The lowest BCUT2D eigenvalue weighted by Gasteiger charge is -2.41. The van der Waals surface area contributed by atoms with E-state index in [2.05, 4.69) is 0 Å². The summed E-state index contributed by atoms with van der Waals surface area (Å²) in [6.45, 7) is 0. The first kappa shape index (κ1) is 36.3. The van der Waals surface area contributed by atoms with Crippen molar-refractivity contribution in [2.24, 2.45) is 34.7 Å². The van der Waals surface area contributed by atoms with Gasteiger partial charge in [0.1, 0.15) is 6.17 Å². The minimum atomic E-state index is -0.769. The van der Waals surface area contributed by atoms with Gasteiger partial charge in [-0.3, -0.25) is 5.84 Å². The second-order valence-corrected chi connectivity index (χ2v) is 2.33. The number of halogens is 6. The zero-order chi connectivity index (χ0) is 9.46. The molecule has 1 heterocycles. The molecule has 1 unspecified atom stereocenters. The standard InChI is InChI=1S/C3H13N9.6ClH/c4-1-2(5)10(7)12(9)11(8)3(1)6;;;;;;/h2H,4-9H2;6*1H. The Balaban J connectivity index is -0.0000000600. The van der Waals surface area contributed by atoms with Crippen LogP contribution < -0.4 is 34.7 Å². The van der Waals surface area contributed by atoms with Crippen molar-refractivity contribution in [2.45, 2.75) is 6.17 Å². The van der Waals surface area contributed by atoms with Crippen LogP contribution >= 0.6 is 74.4 Å². The fourth-order valence-corrected chi connectivity index (χ4v) is 0.775. The second kappa shape index (κ2) is 14.1. The number of hydrogen-bond acceptors (Lipinski definition) is 9. The van der Waals surface area contributed by atoms with Gasteiger partial charge in [0.15, 0.2) is 5.82 Å². The quantitative estimate of drug-likeness (QED) is 0.262. The number of hydrogen-bond donors (Lipinski definition) is 6. The molecule has 0 radical (unpaired) electrons. The minimum absolute atomic E-state index is 0. The van der Waals surface area contributed by atoms with E-state index in [9.17, 15) is 0 Å². The highest BCUT2D eigenvalue weighted by Crippen LogP contribution is 2.09. The molecule has 118 valence electrons. The molecule has 0 aromatic carbocycles. The Morgan fingerprint density at radius 3 is 1.44 bits per heavy atom. The molecular formula is C3H19Cl6N9. The Kier molecular flexibility index (Phi) is 28.4. The predicted molar refractivity (Wildman–Crippen MR) is 84.9 cm³/mol. The molecule has 1 atom stereocenters. The largest absolute Gasteiger partial charge is 0.397 e. The maximum absolute atomic E-state index is 5.50. The molecule has 0 bridgehead atoms. The van der Waals surface area contributed by atoms with Crippen LogP contribution in [0.5, 0.6) is 0 Å². The fraction of sp³-hybridized carbons (Fsp3) is 0.333. The summed E-state index contributed by atoms with van der Waals surface area (Å²) in [4.78, 5) is 0. The fourth-order valence-electron chi connectivity index (χ4n) is 0.775. The SMILES string of the molecule is Cl.Cl.Cl.Cl.Cl.Cl.NC1=C(N)N(N)N(N)N(N)C1N. The van der Waals surface area contributed by atoms with Crippen LogP contribution in [0.3, 0.4) is 0 Å². The van der Waals surface area contributed by atoms with E-state index < -0.39 is 6.17 Å². The first-order valence-electron chi connectivity index (χ1n) is 3.11. The van der Waals surface area contributed by atoms with Gasteiger partial charge < -0.3 is 17.2 Å². The molecule has 0 amide bonds. The van der Waals surface area contributed by atoms with Gasteiger partial charge >= 0.3 is 0 Å². The lowest BCUT2D eigenvalue weighted by molar-refractivity contribution is -0.204. The maximum Gasteiger partial charge on any atom is 0.155 e. The highest BCUT2D eigenvalue weighted by molar-refractivity contribution is 5.86. The van der Waals surface area contributed by atoms with Crippen LogP contribution in [0.2, 0.25) is 0 Å². The van der Waals surface area contributed by atoms with E-state index in [-0.39, 0.29) is 86.0 Å². The molecule has 0 spiro atoms. The Labute approximate surface area is 142 Å². The van der Waals surface area contributed by atoms with Gasteiger partial charge in [-0.05, 0) is 0 Å². The molecule has 18 heavy (non-hydrogen) atoms. The first-order chi connectivity index (χ1) is 5.46. The van der Waals surface area contributed by atoms with Crippen molar-refractivity contribution >= 4 is 74.4 Å². The van der Waals surface area contributed by atoms with Crippen molar-refractivity contribution in [1.82, 2.24) is 15.5 Å². The number of rotatable bonds is 0. The van der Waals surface area contributed by atoms with Crippen LogP contribution in [-0.2, 0) is 0 Å². The lowest BCUT2D eigenvalue weighted by atomic mass is 10.3. The molecule has 0 saturated carbocycles. The van der Waals surface area contributed by atoms with Crippen molar-refractivity contribution in [3.05, 3.63) is 11.5 Å². The van der Waals surface area contributed by atoms with Crippen LogP contribution in [0.1, 0.15) is 0 Å². The molecule has 0 aromatic rings. The predicted octanol–water partition coefficient (Wildman–Crippen LogP) is -1.74. The normalized spacial score (nSPS) is 18.9. The Bertz CT molecular complexity index is 204. The average Bonchev–Trinajstić information content (AvgIpc) is 2.08. The average molecular weight is 394 g/mol. The number of nitrogens with two attached hydrogens (primary N) is 6. The Morgan fingerprint density at radius 2 is 1.11 bits per heavy atom. The monoisotopic (exact) mass is 391 g/mol. The molecular weight excluding hydrogens is 375 g/mol. The summed E-state index contributed by atoms with van der Waals surface area (Å²) in [5.74, 6) is 16.2. The summed E-state index contributed by atoms with van der Waals surface area (Å²) in [7, 11) is 0. The topological polar surface area (TPSA) is 166 Å². The number of hydrazine groups is 5. The molecule has 0 aromatic heterocycles. The maximum atomic E-state index is 5.50. The van der Waals surface area contributed by atoms with E-state index in [1.54, 1.807) is 0 Å². The zero-order valence-electron chi connectivity index (χ0n) is 8.83. The summed E-state index contributed by atoms with van der Waals surface area (Å²) >= 11 is 0. The summed E-state index contributed by atoms with van der Waals surface area (Å²) in [6, 6.07) is 0. The highest BCUT2D eigenvalue weighted by Gasteiger charge is 2.30. The first-order valence-corrected chi connectivity index (χ1v) is 3.11. The lowest BCUT2D eigenvalue weighted by Crippen LogP contribution is -2.72. The van der Waals surface area contributed by atoms with Crippen LogP contribution in [0.15, 0.2) is 11.5 Å². The third kappa shape index (κ3) is 6.70. The molecule has 1 aliphatic heterocycles. The third-order valence-electron chi connectivity index (χ3n) is 1.60. The zero-order valence-corrected chi connectivity index (χ0v) is 13.7. The van der Waals surface area contributed by atoms with Gasteiger partial charge in [0.2, 0.25) is 0 Å². The van der Waals surface area contributed by atoms with E-state index in [4.69, 9.17) is 34.7 Å². The molecule has 0 saturated heterocycles. The summed E-state index contributed by atoms with van der Waals surface area (Å²) in [5, 5.41) is 2.70. The highest BCUT2D eigenvalue weighted by atomic mass is 35.5. The van der Waals surface area contributed by atoms with E-state index in [1.165, 1.54) is 0 Å². The van der Waals surface area contributed by atoms with Crippen molar-refractivity contribution < 1.29 is 0 Å². The van der Waals surface area contributed by atoms with Gasteiger partial charge in [-0.2, -0.15) is 5.12 Å². The third-order valence-corrected chi connectivity index (χ3v) is 1.60. The van der Waals surface area contributed by atoms with E-state index in [0.717, 1.165) is 15.5 Å². The summed E-state index contributed by atoms with van der Waals surface area (Å²) in [6.07, 6.45) is -0.769. The van der Waals surface area contributed by atoms with Crippen LogP contribution in [0.25, 0.3) is 0 Å². The van der Waals surface area contributed by atoms with E-state index >= 15 is 0 Å². The Hall–Kier alpha value is 0.640. The summed E-state index contributed by atoms with van der Waals surface area (Å²) in [5.41, 5.74) is 16.6. The second-order valence-electron chi connectivity index (χ2n) is 2.33.